The van der Waals surface area contributed by atoms with Crippen LogP contribution in [0.15, 0.2) is 12.2 Å². The Bertz CT molecular complexity index is 870. The molecule has 6 aliphatic rings. The van der Waals surface area contributed by atoms with E-state index in [9.17, 15) is 24.9 Å². The summed E-state index contributed by atoms with van der Waals surface area (Å²) in [5.41, 5.74) is -4.00. The molecule has 11 unspecified atom stereocenters. The van der Waals surface area contributed by atoms with Gasteiger partial charge in [0.05, 0.1) is 17.6 Å². The minimum Gasteiger partial charge on any atom is -0.455 e. The van der Waals surface area contributed by atoms with Gasteiger partial charge in [-0.1, -0.05) is 6.92 Å². The van der Waals surface area contributed by atoms with Gasteiger partial charge in [-0.05, 0) is 62.9 Å². The molecule has 7 heteroatoms. The summed E-state index contributed by atoms with van der Waals surface area (Å²) < 4.78 is 11.7. The molecule has 164 valence electrons. The first-order valence-electron chi connectivity index (χ1n) is 11.3. The van der Waals surface area contributed by atoms with E-state index in [0.29, 0.717) is 32.1 Å². The first-order chi connectivity index (χ1) is 14.1. The summed E-state index contributed by atoms with van der Waals surface area (Å²) in [4.78, 5) is 25.5. The molecule has 0 aromatic carbocycles. The van der Waals surface area contributed by atoms with Crippen LogP contribution >= 0.6 is 0 Å². The van der Waals surface area contributed by atoms with Gasteiger partial charge >= 0.3 is 5.97 Å². The number of fused-ring (bicyclic) bond motifs is 3. The Morgan fingerprint density at radius 1 is 1.10 bits per heavy atom. The zero-order chi connectivity index (χ0) is 21.3. The van der Waals surface area contributed by atoms with Gasteiger partial charge in [0.1, 0.15) is 23.4 Å². The van der Waals surface area contributed by atoms with Crippen LogP contribution in [0.4, 0.5) is 0 Å². The Hall–Kier alpha value is -1.28. The fourth-order valence-corrected chi connectivity index (χ4v) is 8.60. The van der Waals surface area contributed by atoms with E-state index in [1.165, 1.54) is 6.08 Å². The van der Waals surface area contributed by atoms with E-state index in [0.717, 1.165) is 6.42 Å². The van der Waals surface area contributed by atoms with Crippen molar-refractivity contribution in [1.82, 2.24) is 0 Å². The minimum atomic E-state index is -1.41. The first kappa shape index (κ1) is 19.4. The van der Waals surface area contributed by atoms with E-state index in [1.54, 1.807) is 13.0 Å². The van der Waals surface area contributed by atoms with Crippen LogP contribution in [-0.2, 0) is 19.1 Å². The Kier molecular flexibility index (Phi) is 3.59. The molecule has 4 saturated carbocycles. The van der Waals surface area contributed by atoms with Crippen LogP contribution in [0.3, 0.4) is 0 Å². The van der Waals surface area contributed by atoms with E-state index in [1.807, 2.05) is 0 Å². The highest BCUT2D eigenvalue weighted by Crippen LogP contribution is 2.76. The molecule has 1 saturated heterocycles. The smallest absolute Gasteiger partial charge is 0.331 e. The molecule has 0 amide bonds. The number of Topliss-reactive ketones (excluding diaryl/α,β-unsaturated/α-hetero) is 1. The lowest BCUT2D eigenvalue weighted by molar-refractivity contribution is -0.230. The summed E-state index contributed by atoms with van der Waals surface area (Å²) >= 11 is 0. The van der Waals surface area contributed by atoms with E-state index in [4.69, 9.17) is 9.47 Å². The maximum Gasteiger partial charge on any atom is 0.331 e. The van der Waals surface area contributed by atoms with Crippen molar-refractivity contribution in [2.75, 3.05) is 0 Å². The van der Waals surface area contributed by atoms with Crippen molar-refractivity contribution in [3.8, 4) is 0 Å². The molecular formula is C23H30O7. The molecule has 6 rings (SSSR count). The van der Waals surface area contributed by atoms with E-state index in [2.05, 4.69) is 6.92 Å². The maximum atomic E-state index is 13.8. The maximum absolute atomic E-state index is 13.8. The van der Waals surface area contributed by atoms with Gasteiger partial charge in [-0.2, -0.15) is 0 Å². The van der Waals surface area contributed by atoms with Crippen molar-refractivity contribution in [2.45, 2.75) is 88.0 Å². The van der Waals surface area contributed by atoms with Crippen LogP contribution in [0, 0.1) is 28.6 Å². The average molecular weight is 418 g/mol. The highest BCUT2D eigenvalue weighted by Gasteiger charge is 2.88. The number of ketones is 1. The number of cyclic esters (lactones) is 1. The molecule has 0 bridgehead atoms. The zero-order valence-electron chi connectivity index (χ0n) is 17.4. The number of rotatable bonds is 1. The fourth-order valence-electron chi connectivity index (χ4n) is 8.60. The number of hydrogen-bond donors (Lipinski definition) is 3. The van der Waals surface area contributed by atoms with Crippen LogP contribution in [-0.4, -0.2) is 62.7 Å². The number of aliphatic hydroxyl groups excluding tert-OH is 2. The summed E-state index contributed by atoms with van der Waals surface area (Å²) in [5, 5.41) is 33.9. The van der Waals surface area contributed by atoms with Crippen molar-refractivity contribution < 1.29 is 34.4 Å². The van der Waals surface area contributed by atoms with Crippen LogP contribution in [0.5, 0.6) is 0 Å². The molecule has 0 radical (unpaired) electrons. The molecule has 30 heavy (non-hydrogen) atoms. The number of esters is 1. The lowest BCUT2D eigenvalue weighted by Crippen LogP contribution is -2.76. The molecule has 2 heterocycles. The second-order valence-electron chi connectivity index (χ2n) is 11.0. The molecule has 3 N–H and O–H groups in total. The normalized spacial score (nSPS) is 61.0. The van der Waals surface area contributed by atoms with Gasteiger partial charge in [-0.3, -0.25) is 4.79 Å². The highest BCUT2D eigenvalue weighted by atomic mass is 16.6. The molecule has 4 aliphatic carbocycles. The first-order valence-corrected chi connectivity index (χ1v) is 11.3. The Balaban J connectivity index is 1.46. The monoisotopic (exact) mass is 418 g/mol. The SMILES string of the molecule is CC12CCC(O)CC1CC1OC13C2C(O)C(=O)C1(C)C(C2C=CC(=O)O2)CCC13O. The van der Waals surface area contributed by atoms with E-state index < -0.39 is 46.6 Å². The third-order valence-electron chi connectivity index (χ3n) is 10.2. The lowest BCUT2D eigenvalue weighted by atomic mass is 9.41. The Morgan fingerprint density at radius 2 is 1.87 bits per heavy atom. The second kappa shape index (κ2) is 5.55. The predicted molar refractivity (Wildman–Crippen MR) is 103 cm³/mol. The molecule has 0 aromatic rings. The van der Waals surface area contributed by atoms with Gasteiger partial charge in [0.15, 0.2) is 5.78 Å². The van der Waals surface area contributed by atoms with Gasteiger partial charge in [-0.25, -0.2) is 4.79 Å². The molecule has 2 aliphatic heterocycles. The van der Waals surface area contributed by atoms with E-state index >= 15 is 0 Å². The van der Waals surface area contributed by atoms with Crippen molar-refractivity contribution in [3.63, 3.8) is 0 Å². The zero-order valence-corrected chi connectivity index (χ0v) is 17.4. The van der Waals surface area contributed by atoms with Gasteiger partial charge in [0.25, 0.3) is 0 Å². The molecule has 1 spiro atoms. The van der Waals surface area contributed by atoms with Crippen LogP contribution in [0.25, 0.3) is 0 Å². The Morgan fingerprint density at radius 3 is 2.57 bits per heavy atom. The fraction of sp³-hybridized carbons (Fsp3) is 0.826. The van der Waals surface area contributed by atoms with Crippen molar-refractivity contribution in [3.05, 3.63) is 12.2 Å². The minimum absolute atomic E-state index is 0.151. The third kappa shape index (κ3) is 1.89. The highest BCUT2D eigenvalue weighted by molar-refractivity contribution is 5.93. The standard InChI is InChI=1S/C23H30O7/c1-20-7-5-12(24)9-11(20)10-15-23(30-15)18(20)17(26)19(27)21(2)13(6-8-22(21,23)28)14-3-4-16(25)29-14/h3-4,11-15,17-18,24,26,28H,5-10H2,1-2H3. The quantitative estimate of drug-likeness (QED) is 0.428. The van der Waals surface area contributed by atoms with Crippen LogP contribution < -0.4 is 0 Å². The Labute approximate surface area is 175 Å². The summed E-state index contributed by atoms with van der Waals surface area (Å²) in [5.74, 6) is -1.54. The molecule has 7 nitrogen and oxygen atoms in total. The van der Waals surface area contributed by atoms with Crippen molar-refractivity contribution in [1.29, 1.82) is 0 Å². The van der Waals surface area contributed by atoms with Crippen molar-refractivity contribution >= 4 is 11.8 Å². The van der Waals surface area contributed by atoms with Gasteiger partial charge in [-0.15, -0.1) is 0 Å². The van der Waals surface area contributed by atoms with Crippen molar-refractivity contribution in [2.24, 2.45) is 28.6 Å². The topological polar surface area (TPSA) is 117 Å². The number of ether oxygens (including phenoxy) is 2. The number of carbonyl (C=O) groups is 2. The largest absolute Gasteiger partial charge is 0.455 e. The summed E-state index contributed by atoms with van der Waals surface area (Å²) in [7, 11) is 0. The number of epoxide rings is 1. The number of carbonyl (C=O) groups excluding carboxylic acids is 2. The number of hydrogen-bond acceptors (Lipinski definition) is 7. The summed E-state index contributed by atoms with van der Waals surface area (Å²) in [6, 6.07) is 0. The molecule has 0 aromatic heterocycles. The molecule has 11 atom stereocenters. The average Bonchev–Trinajstić information content (AvgIpc) is 3.14. The lowest BCUT2D eigenvalue weighted by Gasteiger charge is -2.62. The van der Waals surface area contributed by atoms with Gasteiger partial charge in [0.2, 0.25) is 0 Å². The van der Waals surface area contributed by atoms with Gasteiger partial charge in [0, 0.05) is 17.9 Å². The molecular weight excluding hydrogens is 388 g/mol. The second-order valence-corrected chi connectivity index (χ2v) is 11.0. The van der Waals surface area contributed by atoms with Crippen LogP contribution in [0.1, 0.15) is 52.4 Å². The van der Waals surface area contributed by atoms with E-state index in [-0.39, 0.29) is 29.3 Å². The van der Waals surface area contributed by atoms with Crippen LogP contribution in [0.2, 0.25) is 0 Å². The van der Waals surface area contributed by atoms with Gasteiger partial charge < -0.3 is 24.8 Å². The predicted octanol–water partition coefficient (Wildman–Crippen LogP) is 0.884. The number of aliphatic hydroxyl groups is 3. The third-order valence-corrected chi connectivity index (χ3v) is 10.2. The summed E-state index contributed by atoms with van der Waals surface area (Å²) in [6.07, 6.45) is 4.24. The molecule has 5 fully saturated rings. The summed E-state index contributed by atoms with van der Waals surface area (Å²) in [6.45, 7) is 3.84.